The number of rotatable bonds is 5. The summed E-state index contributed by atoms with van der Waals surface area (Å²) in [5.41, 5.74) is 7.35. The maximum atomic E-state index is 12.9. The first-order chi connectivity index (χ1) is 10.6. The molecule has 0 saturated heterocycles. The van der Waals surface area contributed by atoms with Crippen molar-refractivity contribution in [2.24, 2.45) is 10.8 Å². The highest BCUT2D eigenvalue weighted by Gasteiger charge is 2.05. The van der Waals surface area contributed by atoms with Crippen molar-refractivity contribution in [1.29, 1.82) is 0 Å². The molecule has 0 spiro atoms. The van der Waals surface area contributed by atoms with Gasteiger partial charge in [0.2, 0.25) is 0 Å². The minimum Gasteiger partial charge on any atom is -0.457 e. The number of ether oxygens (including phenoxy) is 1. The summed E-state index contributed by atoms with van der Waals surface area (Å²) < 4.78 is 31.2. The fraction of sp³-hybridized carbons (Fsp3) is 0.0667. The van der Waals surface area contributed by atoms with E-state index in [1.54, 1.807) is 24.3 Å². The molecule has 2 aromatic carbocycles. The summed E-state index contributed by atoms with van der Waals surface area (Å²) in [5, 5.41) is 3.57. The Bertz CT molecular complexity index is 670. The molecule has 0 aromatic heterocycles. The van der Waals surface area contributed by atoms with Crippen molar-refractivity contribution in [3.8, 4) is 11.5 Å². The van der Waals surface area contributed by atoms with E-state index in [0.29, 0.717) is 17.1 Å². The first kappa shape index (κ1) is 15.4. The van der Waals surface area contributed by atoms with Crippen LogP contribution >= 0.6 is 0 Å². The number of carbonyl (C=O) groups is 1. The van der Waals surface area contributed by atoms with E-state index in [-0.39, 0.29) is 11.5 Å². The van der Waals surface area contributed by atoms with Crippen LogP contribution in [-0.2, 0) is 0 Å². The average Bonchev–Trinajstić information content (AvgIpc) is 2.51. The predicted octanol–water partition coefficient (Wildman–Crippen LogP) is 2.96. The van der Waals surface area contributed by atoms with Crippen molar-refractivity contribution in [1.82, 2.24) is 5.43 Å². The summed E-state index contributed by atoms with van der Waals surface area (Å²) >= 11 is 0. The van der Waals surface area contributed by atoms with Gasteiger partial charge in [0.1, 0.15) is 24.0 Å². The molecule has 0 fully saturated rings. The molecule has 2 amide bonds. The zero-order chi connectivity index (χ0) is 15.9. The molecule has 3 N–H and O–H groups in total. The largest absolute Gasteiger partial charge is 0.457 e. The second-order valence-corrected chi connectivity index (χ2v) is 4.25. The molecule has 22 heavy (non-hydrogen) atoms. The smallest absolute Gasteiger partial charge is 0.332 e. The molecule has 0 heterocycles. The van der Waals surface area contributed by atoms with Gasteiger partial charge in [-0.25, -0.2) is 19.0 Å². The third-order valence-corrected chi connectivity index (χ3v) is 2.66. The number of primary amides is 1. The highest BCUT2D eigenvalue weighted by molar-refractivity contribution is 6.02. The van der Waals surface area contributed by atoms with Gasteiger partial charge in [-0.05, 0) is 48.5 Å². The van der Waals surface area contributed by atoms with Gasteiger partial charge < -0.3 is 10.5 Å². The van der Waals surface area contributed by atoms with Crippen LogP contribution in [0, 0.1) is 5.82 Å². The molecule has 114 valence electrons. The Hall–Kier alpha value is -2.96. The van der Waals surface area contributed by atoms with E-state index in [1.807, 2.05) is 5.43 Å². The van der Waals surface area contributed by atoms with Crippen LogP contribution in [0.3, 0.4) is 0 Å². The highest BCUT2D eigenvalue weighted by Crippen LogP contribution is 2.22. The molecule has 0 aliphatic carbocycles. The molecular weight excluding hydrogens is 292 g/mol. The molecule has 0 aliphatic heterocycles. The fourth-order valence-electron chi connectivity index (χ4n) is 1.65. The van der Waals surface area contributed by atoms with E-state index in [2.05, 4.69) is 5.10 Å². The lowest BCUT2D eigenvalue weighted by atomic mass is 10.1. The summed E-state index contributed by atoms with van der Waals surface area (Å²) in [6, 6.07) is 11.1. The van der Waals surface area contributed by atoms with Gasteiger partial charge in [0, 0.05) is 5.56 Å². The Morgan fingerprint density at radius 2 is 1.64 bits per heavy atom. The maximum Gasteiger partial charge on any atom is 0.332 e. The number of hydrogen-bond donors (Lipinski definition) is 2. The Morgan fingerprint density at radius 1 is 1.09 bits per heavy atom. The number of nitrogens with two attached hydrogens (primary N) is 1. The van der Waals surface area contributed by atoms with Crippen molar-refractivity contribution in [2.45, 2.75) is 0 Å². The number of nitrogens with zero attached hydrogens (tertiary/aromatic N) is 1. The van der Waals surface area contributed by atoms with Gasteiger partial charge in [0.05, 0.1) is 5.71 Å². The molecule has 0 radical (unpaired) electrons. The fourth-order valence-corrected chi connectivity index (χ4v) is 1.65. The second kappa shape index (κ2) is 7.16. The minimum atomic E-state index is -0.873. The molecule has 5 nitrogen and oxygen atoms in total. The zero-order valence-corrected chi connectivity index (χ0v) is 11.4. The topological polar surface area (TPSA) is 76.7 Å². The summed E-state index contributed by atoms with van der Waals surface area (Å²) in [6.07, 6.45) is 0. The number of alkyl halides is 1. The standard InChI is InChI=1S/C15H13F2N3O2/c16-9-14(19-20-15(18)21)10-1-5-12(6-2-10)22-13-7-3-11(17)4-8-13/h1-8H,9H2,(H3,18,20,21). The molecule has 0 atom stereocenters. The van der Waals surface area contributed by atoms with Gasteiger partial charge in [0.25, 0.3) is 0 Å². The normalized spacial score (nSPS) is 11.1. The predicted molar refractivity (Wildman–Crippen MR) is 78.1 cm³/mol. The summed E-state index contributed by atoms with van der Waals surface area (Å²) in [6.45, 7) is -0.863. The molecule has 0 unspecified atom stereocenters. The first-order valence-corrected chi connectivity index (χ1v) is 6.30. The minimum absolute atomic E-state index is 0.0344. The molecule has 0 saturated carbocycles. The number of hydrogen-bond acceptors (Lipinski definition) is 3. The molecule has 0 bridgehead atoms. The molecule has 7 heteroatoms. The number of nitrogens with one attached hydrogen (secondary N) is 1. The Balaban J connectivity index is 2.10. The van der Waals surface area contributed by atoms with E-state index in [4.69, 9.17) is 10.5 Å². The van der Waals surface area contributed by atoms with Gasteiger partial charge in [-0.1, -0.05) is 0 Å². The quantitative estimate of drug-likeness (QED) is 0.658. The van der Waals surface area contributed by atoms with Gasteiger partial charge in [-0.2, -0.15) is 5.10 Å². The van der Waals surface area contributed by atoms with E-state index in [9.17, 15) is 13.6 Å². The number of halogens is 2. The lowest BCUT2D eigenvalue weighted by Crippen LogP contribution is -2.26. The summed E-state index contributed by atoms with van der Waals surface area (Å²) in [5.74, 6) is 0.619. The van der Waals surface area contributed by atoms with Gasteiger partial charge in [-0.3, -0.25) is 0 Å². The lowest BCUT2D eigenvalue weighted by Gasteiger charge is -2.07. The molecule has 0 aliphatic rings. The molecule has 2 aromatic rings. The van der Waals surface area contributed by atoms with Crippen LogP contribution < -0.4 is 15.9 Å². The van der Waals surface area contributed by atoms with E-state index in [1.165, 1.54) is 24.3 Å². The van der Waals surface area contributed by atoms with Crippen LogP contribution in [0.25, 0.3) is 0 Å². The van der Waals surface area contributed by atoms with Gasteiger partial charge in [0.15, 0.2) is 0 Å². The van der Waals surface area contributed by atoms with Crippen molar-refractivity contribution < 1.29 is 18.3 Å². The molecule has 2 rings (SSSR count). The van der Waals surface area contributed by atoms with Crippen molar-refractivity contribution in [3.63, 3.8) is 0 Å². The monoisotopic (exact) mass is 305 g/mol. The summed E-state index contributed by atoms with van der Waals surface area (Å²) in [7, 11) is 0. The lowest BCUT2D eigenvalue weighted by molar-refractivity contribution is 0.249. The third kappa shape index (κ3) is 4.27. The van der Waals surface area contributed by atoms with Crippen LogP contribution in [0.5, 0.6) is 11.5 Å². The van der Waals surface area contributed by atoms with Crippen LogP contribution in [0.1, 0.15) is 5.56 Å². The van der Waals surface area contributed by atoms with Crippen LogP contribution in [0.2, 0.25) is 0 Å². The Morgan fingerprint density at radius 3 is 2.14 bits per heavy atom. The van der Waals surface area contributed by atoms with Gasteiger partial charge in [-0.15, -0.1) is 0 Å². The SMILES string of the molecule is NC(=O)NN=C(CF)c1ccc(Oc2ccc(F)cc2)cc1. The van der Waals surface area contributed by atoms with Crippen molar-refractivity contribution in [3.05, 3.63) is 59.9 Å². The van der Waals surface area contributed by atoms with E-state index in [0.717, 1.165) is 0 Å². The zero-order valence-electron chi connectivity index (χ0n) is 11.4. The van der Waals surface area contributed by atoms with E-state index < -0.39 is 12.7 Å². The Labute approximate surface area is 125 Å². The number of amides is 2. The first-order valence-electron chi connectivity index (χ1n) is 6.30. The van der Waals surface area contributed by atoms with Crippen molar-refractivity contribution >= 4 is 11.7 Å². The number of carbonyl (C=O) groups excluding carboxylic acids is 1. The molecular formula is C15H13F2N3O2. The Kier molecular flexibility index (Phi) is 5.02. The van der Waals surface area contributed by atoms with E-state index >= 15 is 0 Å². The number of urea groups is 1. The van der Waals surface area contributed by atoms with Crippen LogP contribution in [-0.4, -0.2) is 18.4 Å². The third-order valence-electron chi connectivity index (χ3n) is 2.66. The maximum absolute atomic E-state index is 12.9. The average molecular weight is 305 g/mol. The van der Waals surface area contributed by atoms with Crippen LogP contribution in [0.4, 0.5) is 13.6 Å². The number of hydrazone groups is 1. The van der Waals surface area contributed by atoms with Crippen molar-refractivity contribution in [2.75, 3.05) is 6.67 Å². The number of benzene rings is 2. The van der Waals surface area contributed by atoms with Gasteiger partial charge >= 0.3 is 6.03 Å². The summed E-state index contributed by atoms with van der Waals surface area (Å²) in [4.78, 5) is 10.6. The van der Waals surface area contributed by atoms with Crippen LogP contribution in [0.15, 0.2) is 53.6 Å². The second-order valence-electron chi connectivity index (χ2n) is 4.25. The highest BCUT2D eigenvalue weighted by atomic mass is 19.1.